The van der Waals surface area contributed by atoms with Crippen molar-refractivity contribution in [2.24, 2.45) is 5.41 Å². The van der Waals surface area contributed by atoms with E-state index in [1.165, 1.54) is 38.5 Å². The van der Waals surface area contributed by atoms with Crippen molar-refractivity contribution >= 4 is 0 Å². The summed E-state index contributed by atoms with van der Waals surface area (Å²) in [5.74, 6) is 0. The Morgan fingerprint density at radius 3 is 2.17 bits per heavy atom. The largest absolute Gasteiger partial charge is 0.380 e. The van der Waals surface area contributed by atoms with E-state index in [-0.39, 0.29) is 0 Å². The van der Waals surface area contributed by atoms with Crippen molar-refractivity contribution in [2.45, 2.75) is 52.4 Å². The summed E-state index contributed by atoms with van der Waals surface area (Å²) >= 11 is 0. The van der Waals surface area contributed by atoms with Crippen molar-refractivity contribution in [3.05, 3.63) is 0 Å². The molecular weight excluding hydrogens is 148 g/mol. The Morgan fingerprint density at radius 2 is 1.75 bits per heavy atom. The van der Waals surface area contributed by atoms with Crippen LogP contribution in [0.2, 0.25) is 0 Å². The van der Waals surface area contributed by atoms with Gasteiger partial charge in [-0.1, -0.05) is 39.5 Å². The molecule has 0 N–H and O–H groups in total. The molecule has 1 rings (SSSR count). The Labute approximate surface area is 76.5 Å². The van der Waals surface area contributed by atoms with Crippen molar-refractivity contribution in [3.8, 4) is 0 Å². The van der Waals surface area contributed by atoms with Crippen LogP contribution in [0.3, 0.4) is 0 Å². The average Bonchev–Trinajstić information content (AvgIpc) is 2.00. The molecule has 1 aliphatic heterocycles. The first kappa shape index (κ1) is 10.0. The van der Waals surface area contributed by atoms with E-state index in [2.05, 4.69) is 13.8 Å². The first-order chi connectivity index (χ1) is 5.83. The fraction of sp³-hybridized carbons (Fsp3) is 1.00. The van der Waals surface area contributed by atoms with E-state index in [0.717, 1.165) is 13.2 Å². The molecule has 0 bridgehead atoms. The molecule has 1 aliphatic rings. The lowest BCUT2D eigenvalue weighted by molar-refractivity contribution is -0.123. The lowest BCUT2D eigenvalue weighted by atomic mass is 9.77. The summed E-state index contributed by atoms with van der Waals surface area (Å²) in [5.41, 5.74) is 0.601. The first-order valence-corrected chi connectivity index (χ1v) is 5.41. The fourth-order valence-electron chi connectivity index (χ4n) is 2.08. The van der Waals surface area contributed by atoms with Crippen LogP contribution < -0.4 is 0 Å². The molecule has 0 amide bonds. The molecule has 72 valence electrons. The van der Waals surface area contributed by atoms with Gasteiger partial charge in [-0.3, -0.25) is 0 Å². The van der Waals surface area contributed by atoms with Gasteiger partial charge in [0.05, 0.1) is 13.2 Å². The van der Waals surface area contributed by atoms with E-state index in [9.17, 15) is 0 Å². The van der Waals surface area contributed by atoms with Crippen molar-refractivity contribution < 1.29 is 4.74 Å². The standard InChI is InChI=1S/C11H22O/c1-3-5-6-8-11(7-4-2)9-12-10-11/h3-10H2,1-2H3. The minimum Gasteiger partial charge on any atom is -0.380 e. The minimum absolute atomic E-state index is 0.601. The average molecular weight is 170 g/mol. The molecule has 1 heteroatoms. The van der Waals surface area contributed by atoms with Crippen molar-refractivity contribution in [3.63, 3.8) is 0 Å². The molecule has 0 aromatic heterocycles. The Hall–Kier alpha value is -0.0400. The van der Waals surface area contributed by atoms with Gasteiger partial charge in [-0.15, -0.1) is 0 Å². The van der Waals surface area contributed by atoms with E-state index < -0.39 is 0 Å². The third-order valence-electron chi connectivity index (χ3n) is 2.91. The lowest BCUT2D eigenvalue weighted by Gasteiger charge is -2.41. The van der Waals surface area contributed by atoms with Crippen LogP contribution in [0, 0.1) is 5.41 Å². The molecule has 0 unspecified atom stereocenters. The van der Waals surface area contributed by atoms with E-state index >= 15 is 0 Å². The summed E-state index contributed by atoms with van der Waals surface area (Å²) in [5, 5.41) is 0. The second kappa shape index (κ2) is 4.86. The van der Waals surface area contributed by atoms with Crippen LogP contribution in [0.4, 0.5) is 0 Å². The molecular formula is C11H22O. The van der Waals surface area contributed by atoms with Gasteiger partial charge in [0, 0.05) is 5.41 Å². The van der Waals surface area contributed by atoms with Crippen molar-refractivity contribution in [1.29, 1.82) is 0 Å². The van der Waals surface area contributed by atoms with Gasteiger partial charge in [-0.2, -0.15) is 0 Å². The molecule has 0 aromatic carbocycles. The Kier molecular flexibility index (Phi) is 4.07. The summed E-state index contributed by atoms with van der Waals surface area (Å²) in [6.07, 6.45) is 8.22. The normalized spacial score (nSPS) is 20.5. The molecule has 12 heavy (non-hydrogen) atoms. The molecule has 0 radical (unpaired) electrons. The van der Waals surface area contributed by atoms with Crippen LogP contribution in [0.5, 0.6) is 0 Å². The summed E-state index contributed by atoms with van der Waals surface area (Å²) in [6, 6.07) is 0. The van der Waals surface area contributed by atoms with Gasteiger partial charge in [0.25, 0.3) is 0 Å². The van der Waals surface area contributed by atoms with Crippen molar-refractivity contribution in [2.75, 3.05) is 13.2 Å². The number of hydrogen-bond acceptors (Lipinski definition) is 1. The monoisotopic (exact) mass is 170 g/mol. The van der Waals surface area contributed by atoms with Gasteiger partial charge in [-0.25, -0.2) is 0 Å². The predicted molar refractivity (Wildman–Crippen MR) is 52.3 cm³/mol. The molecule has 0 aromatic rings. The highest BCUT2D eigenvalue weighted by Crippen LogP contribution is 2.37. The van der Waals surface area contributed by atoms with Gasteiger partial charge in [-0.05, 0) is 12.8 Å². The van der Waals surface area contributed by atoms with Crippen LogP contribution in [-0.2, 0) is 4.74 Å². The van der Waals surface area contributed by atoms with E-state index in [1.54, 1.807) is 0 Å². The van der Waals surface area contributed by atoms with Crippen LogP contribution in [0.25, 0.3) is 0 Å². The number of hydrogen-bond donors (Lipinski definition) is 0. The van der Waals surface area contributed by atoms with Crippen LogP contribution in [0.15, 0.2) is 0 Å². The number of ether oxygens (including phenoxy) is 1. The first-order valence-electron chi connectivity index (χ1n) is 5.41. The maximum Gasteiger partial charge on any atom is 0.0544 e. The van der Waals surface area contributed by atoms with Gasteiger partial charge < -0.3 is 4.74 Å². The molecule has 1 nitrogen and oxygen atoms in total. The molecule has 0 atom stereocenters. The molecule has 0 saturated carbocycles. The van der Waals surface area contributed by atoms with Gasteiger partial charge in [0.15, 0.2) is 0 Å². The highest BCUT2D eigenvalue weighted by Gasteiger charge is 2.36. The summed E-state index contributed by atoms with van der Waals surface area (Å²) in [7, 11) is 0. The fourth-order valence-corrected chi connectivity index (χ4v) is 2.08. The van der Waals surface area contributed by atoms with E-state index in [1.807, 2.05) is 0 Å². The SMILES string of the molecule is CCCCCC1(CCC)COC1. The predicted octanol–water partition coefficient (Wildman–Crippen LogP) is 3.38. The Morgan fingerprint density at radius 1 is 1.00 bits per heavy atom. The molecule has 0 aliphatic carbocycles. The van der Waals surface area contributed by atoms with Crippen LogP contribution in [0.1, 0.15) is 52.4 Å². The van der Waals surface area contributed by atoms with E-state index in [0.29, 0.717) is 5.41 Å². The van der Waals surface area contributed by atoms with Gasteiger partial charge in [0.1, 0.15) is 0 Å². The highest BCUT2D eigenvalue weighted by atomic mass is 16.5. The molecule has 1 saturated heterocycles. The maximum atomic E-state index is 5.32. The quantitative estimate of drug-likeness (QED) is 0.555. The Bertz CT molecular complexity index is 116. The van der Waals surface area contributed by atoms with Crippen LogP contribution >= 0.6 is 0 Å². The van der Waals surface area contributed by atoms with Crippen LogP contribution in [-0.4, -0.2) is 13.2 Å². The topological polar surface area (TPSA) is 9.23 Å². The molecule has 0 spiro atoms. The number of rotatable bonds is 6. The van der Waals surface area contributed by atoms with Gasteiger partial charge >= 0.3 is 0 Å². The third kappa shape index (κ3) is 2.48. The molecule has 1 fully saturated rings. The smallest absolute Gasteiger partial charge is 0.0544 e. The van der Waals surface area contributed by atoms with Crippen molar-refractivity contribution in [1.82, 2.24) is 0 Å². The maximum absolute atomic E-state index is 5.32. The highest BCUT2D eigenvalue weighted by molar-refractivity contribution is 4.84. The zero-order valence-corrected chi connectivity index (χ0v) is 8.57. The zero-order valence-electron chi connectivity index (χ0n) is 8.57. The molecule has 1 heterocycles. The summed E-state index contributed by atoms with van der Waals surface area (Å²) in [6.45, 7) is 6.61. The third-order valence-corrected chi connectivity index (χ3v) is 2.91. The summed E-state index contributed by atoms with van der Waals surface area (Å²) < 4.78 is 5.32. The zero-order chi connectivity index (χ0) is 8.86. The second-order valence-electron chi connectivity index (χ2n) is 4.20. The second-order valence-corrected chi connectivity index (χ2v) is 4.20. The number of unbranched alkanes of at least 4 members (excludes halogenated alkanes) is 2. The minimum atomic E-state index is 0.601. The Balaban J connectivity index is 2.15. The summed E-state index contributed by atoms with van der Waals surface area (Å²) in [4.78, 5) is 0. The lowest BCUT2D eigenvalue weighted by Crippen LogP contribution is -2.42. The van der Waals surface area contributed by atoms with Gasteiger partial charge in [0.2, 0.25) is 0 Å². The van der Waals surface area contributed by atoms with E-state index in [4.69, 9.17) is 4.74 Å².